The maximum atomic E-state index is 11.9. The average molecular weight is 315 g/mol. The molecule has 0 fully saturated rings. The van der Waals surface area contributed by atoms with Crippen LogP contribution < -0.4 is 11.0 Å². The van der Waals surface area contributed by atoms with Crippen molar-refractivity contribution < 1.29 is 4.79 Å². The fourth-order valence-corrected chi connectivity index (χ4v) is 2.53. The van der Waals surface area contributed by atoms with Crippen LogP contribution in [-0.2, 0) is 7.05 Å². The molecule has 0 unspecified atom stereocenters. The van der Waals surface area contributed by atoms with E-state index in [0.29, 0.717) is 10.7 Å². The summed E-state index contributed by atoms with van der Waals surface area (Å²) in [6.07, 6.45) is 6.43. The first-order valence-electron chi connectivity index (χ1n) is 6.06. The third kappa shape index (κ3) is 2.23. The standard InChI is InChI=1S/C12H9N7O2S/c1-3-4-13-10(20)7-5-22-11(15-7)8-9-16-17-18(2)12(21)19(9)6-14-8/h1,5-6H,4H2,2H3,(H,13,20). The summed E-state index contributed by atoms with van der Waals surface area (Å²) in [5, 5.41) is 12.2. The predicted octanol–water partition coefficient (Wildman–Crippen LogP) is -0.691. The van der Waals surface area contributed by atoms with Gasteiger partial charge in [-0.2, -0.15) is 4.68 Å². The van der Waals surface area contributed by atoms with Crippen LogP contribution in [0, 0.1) is 12.3 Å². The van der Waals surface area contributed by atoms with E-state index < -0.39 is 0 Å². The molecule has 0 saturated heterocycles. The van der Waals surface area contributed by atoms with Gasteiger partial charge >= 0.3 is 5.69 Å². The highest BCUT2D eigenvalue weighted by atomic mass is 32.1. The number of hydrogen-bond donors (Lipinski definition) is 1. The van der Waals surface area contributed by atoms with Gasteiger partial charge in [-0.3, -0.25) is 4.79 Å². The number of nitrogens with zero attached hydrogens (tertiary/aromatic N) is 6. The Bertz CT molecular complexity index is 962. The van der Waals surface area contributed by atoms with Crippen LogP contribution in [0.2, 0.25) is 0 Å². The van der Waals surface area contributed by atoms with Crippen molar-refractivity contribution >= 4 is 22.9 Å². The first-order valence-corrected chi connectivity index (χ1v) is 6.94. The number of aryl methyl sites for hydroxylation is 1. The minimum atomic E-state index is -0.369. The summed E-state index contributed by atoms with van der Waals surface area (Å²) < 4.78 is 2.36. The van der Waals surface area contributed by atoms with Gasteiger partial charge in [-0.15, -0.1) is 22.9 Å². The van der Waals surface area contributed by atoms with E-state index in [2.05, 4.69) is 31.5 Å². The van der Waals surface area contributed by atoms with Gasteiger partial charge in [-0.1, -0.05) is 11.1 Å². The molecule has 1 amide bonds. The monoisotopic (exact) mass is 315 g/mol. The number of imidazole rings is 1. The summed E-state index contributed by atoms with van der Waals surface area (Å²) in [4.78, 5) is 32.0. The predicted molar refractivity (Wildman–Crippen MR) is 78.3 cm³/mol. The van der Waals surface area contributed by atoms with Crippen molar-refractivity contribution in [1.29, 1.82) is 0 Å². The zero-order valence-electron chi connectivity index (χ0n) is 11.3. The van der Waals surface area contributed by atoms with Crippen LogP contribution in [-0.4, -0.2) is 41.8 Å². The fourth-order valence-electron chi connectivity index (χ4n) is 1.74. The molecule has 3 aromatic rings. The number of aromatic nitrogens is 6. The molecule has 10 heteroatoms. The molecule has 110 valence electrons. The van der Waals surface area contributed by atoms with Gasteiger partial charge in [0.15, 0.2) is 5.65 Å². The summed E-state index contributed by atoms with van der Waals surface area (Å²) in [5.74, 6) is 1.94. The molecule has 22 heavy (non-hydrogen) atoms. The lowest BCUT2D eigenvalue weighted by molar-refractivity contribution is 0.0954. The third-order valence-corrected chi connectivity index (χ3v) is 3.64. The second-order valence-corrected chi connectivity index (χ2v) is 5.07. The maximum absolute atomic E-state index is 11.9. The Kier molecular flexibility index (Phi) is 3.40. The molecular formula is C12H9N7O2S. The Balaban J connectivity index is 2.01. The largest absolute Gasteiger partial charge is 0.352 e. The molecule has 3 aromatic heterocycles. The van der Waals surface area contributed by atoms with E-state index in [4.69, 9.17) is 6.42 Å². The Morgan fingerprint density at radius 1 is 1.55 bits per heavy atom. The van der Waals surface area contributed by atoms with Crippen molar-refractivity contribution in [2.75, 3.05) is 6.54 Å². The lowest BCUT2D eigenvalue weighted by Crippen LogP contribution is -2.26. The molecule has 1 N–H and O–H groups in total. The molecule has 0 radical (unpaired) electrons. The minimum absolute atomic E-state index is 0.126. The van der Waals surface area contributed by atoms with E-state index in [1.165, 1.54) is 29.1 Å². The number of thiazole rings is 1. The molecular weight excluding hydrogens is 306 g/mol. The highest BCUT2D eigenvalue weighted by Gasteiger charge is 2.17. The van der Waals surface area contributed by atoms with Crippen LogP contribution in [0.1, 0.15) is 10.5 Å². The second-order valence-electron chi connectivity index (χ2n) is 4.21. The van der Waals surface area contributed by atoms with Gasteiger partial charge < -0.3 is 5.32 Å². The first kappa shape index (κ1) is 13.9. The molecule has 3 heterocycles. The SMILES string of the molecule is C#CCNC(=O)c1csc(-c2ncn3c(=O)n(C)nnc23)n1. The van der Waals surface area contributed by atoms with Gasteiger partial charge in [-0.05, 0) is 0 Å². The average Bonchev–Trinajstić information content (AvgIpc) is 3.15. The zero-order chi connectivity index (χ0) is 15.7. The van der Waals surface area contributed by atoms with Crippen molar-refractivity contribution in [3.05, 3.63) is 27.9 Å². The number of terminal acetylenes is 1. The highest BCUT2D eigenvalue weighted by Crippen LogP contribution is 2.24. The Morgan fingerprint density at radius 3 is 3.14 bits per heavy atom. The molecule has 0 aliphatic rings. The van der Waals surface area contributed by atoms with Crippen LogP contribution >= 0.6 is 11.3 Å². The zero-order valence-corrected chi connectivity index (χ0v) is 12.2. The molecule has 3 rings (SSSR count). The van der Waals surface area contributed by atoms with E-state index in [1.54, 1.807) is 5.38 Å². The normalized spacial score (nSPS) is 10.5. The van der Waals surface area contributed by atoms with Gasteiger partial charge in [0.25, 0.3) is 5.91 Å². The first-order chi connectivity index (χ1) is 10.6. The van der Waals surface area contributed by atoms with E-state index >= 15 is 0 Å². The van der Waals surface area contributed by atoms with E-state index in [-0.39, 0.29) is 29.5 Å². The number of carbonyl (C=O) groups excluding carboxylic acids is 1. The number of nitrogens with one attached hydrogen (secondary N) is 1. The van der Waals surface area contributed by atoms with Crippen molar-refractivity contribution in [1.82, 2.24) is 34.7 Å². The van der Waals surface area contributed by atoms with Crippen molar-refractivity contribution in [3.8, 4) is 23.0 Å². The number of carbonyl (C=O) groups is 1. The summed E-state index contributed by atoms with van der Waals surface area (Å²) in [5.41, 5.74) is 0.541. The molecule has 0 spiro atoms. The smallest absolute Gasteiger partial charge is 0.340 e. The fraction of sp³-hybridized carbons (Fsp3) is 0.167. The summed E-state index contributed by atoms with van der Waals surface area (Å²) in [6.45, 7) is 0.126. The van der Waals surface area contributed by atoms with Gasteiger partial charge in [0.1, 0.15) is 22.7 Å². The van der Waals surface area contributed by atoms with Crippen LogP contribution in [0.3, 0.4) is 0 Å². The maximum Gasteiger partial charge on any atom is 0.352 e. The Hall–Kier alpha value is -3.06. The molecule has 9 nitrogen and oxygen atoms in total. The number of rotatable bonds is 3. The van der Waals surface area contributed by atoms with Crippen LogP contribution in [0.15, 0.2) is 16.5 Å². The topological polar surface area (TPSA) is 107 Å². The summed E-state index contributed by atoms with van der Waals surface area (Å²) in [6, 6.07) is 0. The highest BCUT2D eigenvalue weighted by molar-refractivity contribution is 7.13. The van der Waals surface area contributed by atoms with Gasteiger partial charge in [-0.25, -0.2) is 19.2 Å². The quantitative estimate of drug-likeness (QED) is 0.641. The molecule has 0 bridgehead atoms. The van der Waals surface area contributed by atoms with E-state index in [0.717, 1.165) is 4.68 Å². The van der Waals surface area contributed by atoms with E-state index in [9.17, 15) is 9.59 Å². The van der Waals surface area contributed by atoms with Crippen LogP contribution in [0.5, 0.6) is 0 Å². The summed E-state index contributed by atoms with van der Waals surface area (Å²) >= 11 is 1.22. The van der Waals surface area contributed by atoms with Crippen molar-refractivity contribution in [3.63, 3.8) is 0 Å². The molecule has 0 saturated carbocycles. The van der Waals surface area contributed by atoms with Gasteiger partial charge in [0.2, 0.25) is 0 Å². The van der Waals surface area contributed by atoms with Crippen molar-refractivity contribution in [2.45, 2.75) is 0 Å². The van der Waals surface area contributed by atoms with Crippen LogP contribution in [0.4, 0.5) is 0 Å². The Morgan fingerprint density at radius 2 is 2.36 bits per heavy atom. The molecule has 0 atom stereocenters. The van der Waals surface area contributed by atoms with Gasteiger partial charge in [0.05, 0.1) is 6.54 Å². The Labute approximate surface area is 127 Å². The van der Waals surface area contributed by atoms with Crippen LogP contribution in [0.25, 0.3) is 16.3 Å². The minimum Gasteiger partial charge on any atom is -0.340 e. The lowest BCUT2D eigenvalue weighted by Gasteiger charge is -1.97. The number of fused-ring (bicyclic) bond motifs is 1. The van der Waals surface area contributed by atoms with Crippen molar-refractivity contribution in [2.24, 2.45) is 7.05 Å². The molecule has 0 aliphatic carbocycles. The third-order valence-electron chi connectivity index (χ3n) is 2.79. The lowest BCUT2D eigenvalue weighted by atomic mass is 10.4. The molecule has 0 aliphatic heterocycles. The number of hydrogen-bond acceptors (Lipinski definition) is 7. The second kappa shape index (κ2) is 5.38. The number of amides is 1. The van der Waals surface area contributed by atoms with Gasteiger partial charge in [0, 0.05) is 12.4 Å². The van der Waals surface area contributed by atoms with E-state index in [1.807, 2.05) is 0 Å². The summed E-state index contributed by atoms with van der Waals surface area (Å²) in [7, 11) is 1.49. The molecule has 0 aromatic carbocycles.